The van der Waals surface area contributed by atoms with Crippen molar-refractivity contribution in [2.45, 2.75) is 29.9 Å². The zero-order valence-electron chi connectivity index (χ0n) is 10.2. The van der Waals surface area contributed by atoms with Crippen molar-refractivity contribution < 1.29 is 8.78 Å². The molecule has 1 saturated heterocycles. The summed E-state index contributed by atoms with van der Waals surface area (Å²) >= 11 is 3.67. The summed E-state index contributed by atoms with van der Waals surface area (Å²) in [6, 6.07) is 3.81. The number of hydrogen-bond acceptors (Lipinski definition) is 3. The molecule has 5 heteroatoms. The van der Waals surface area contributed by atoms with Crippen molar-refractivity contribution >= 4 is 23.5 Å². The van der Waals surface area contributed by atoms with Crippen LogP contribution in [0.2, 0.25) is 0 Å². The average Bonchev–Trinajstić information content (AvgIpc) is 2.41. The molecule has 3 atom stereocenters. The molecule has 0 saturated carbocycles. The van der Waals surface area contributed by atoms with E-state index in [-0.39, 0.29) is 5.25 Å². The highest BCUT2D eigenvalue weighted by atomic mass is 32.2. The van der Waals surface area contributed by atoms with Gasteiger partial charge in [0.15, 0.2) is 11.6 Å². The Balaban J connectivity index is 2.23. The van der Waals surface area contributed by atoms with Crippen LogP contribution < -0.4 is 5.73 Å². The van der Waals surface area contributed by atoms with E-state index in [1.54, 1.807) is 17.8 Å². The van der Waals surface area contributed by atoms with Gasteiger partial charge in [0.05, 0.1) is 0 Å². The maximum atomic E-state index is 13.8. The molecule has 1 aromatic rings. The first-order valence-corrected chi connectivity index (χ1v) is 8.17. The fraction of sp³-hybridized carbons (Fsp3) is 0.538. The summed E-state index contributed by atoms with van der Waals surface area (Å²) in [5.41, 5.74) is 6.46. The highest BCUT2D eigenvalue weighted by molar-refractivity contribution is 8.07. The van der Waals surface area contributed by atoms with Crippen LogP contribution in [0.1, 0.15) is 24.9 Å². The van der Waals surface area contributed by atoms with Crippen molar-refractivity contribution in [1.82, 2.24) is 0 Å². The average molecular weight is 289 g/mol. The molecule has 1 aromatic carbocycles. The van der Waals surface area contributed by atoms with E-state index >= 15 is 0 Å². The van der Waals surface area contributed by atoms with Gasteiger partial charge in [-0.2, -0.15) is 23.5 Å². The number of benzene rings is 1. The van der Waals surface area contributed by atoms with E-state index < -0.39 is 17.7 Å². The normalized spacial score (nSPS) is 26.0. The van der Waals surface area contributed by atoms with Crippen LogP contribution in [0.3, 0.4) is 0 Å². The summed E-state index contributed by atoms with van der Waals surface area (Å²) in [6.45, 7) is 2.12. The van der Waals surface area contributed by atoms with Crippen molar-refractivity contribution in [3.8, 4) is 0 Å². The van der Waals surface area contributed by atoms with Gasteiger partial charge in [-0.3, -0.25) is 0 Å². The lowest BCUT2D eigenvalue weighted by atomic mass is 10.0. The van der Waals surface area contributed by atoms with Crippen LogP contribution in [-0.2, 0) is 0 Å². The second kappa shape index (κ2) is 6.26. The van der Waals surface area contributed by atoms with Gasteiger partial charge in [-0.25, -0.2) is 8.78 Å². The third kappa shape index (κ3) is 2.83. The summed E-state index contributed by atoms with van der Waals surface area (Å²) in [6.07, 6.45) is 1.01. The molecule has 1 fully saturated rings. The van der Waals surface area contributed by atoms with E-state index in [4.69, 9.17) is 5.73 Å². The Morgan fingerprint density at radius 1 is 1.33 bits per heavy atom. The summed E-state index contributed by atoms with van der Waals surface area (Å²) in [5, 5.41) is 0.575. The number of rotatable bonds is 3. The molecule has 0 aromatic heterocycles. The predicted molar refractivity (Wildman–Crippen MR) is 76.1 cm³/mol. The van der Waals surface area contributed by atoms with Crippen LogP contribution in [0.25, 0.3) is 0 Å². The Kier molecular flexibility index (Phi) is 4.92. The molecule has 0 aliphatic carbocycles. The molecule has 3 unspecified atom stereocenters. The molecule has 2 N–H and O–H groups in total. The van der Waals surface area contributed by atoms with Gasteiger partial charge in [-0.05, 0) is 12.5 Å². The Labute approximate surface area is 115 Å². The maximum absolute atomic E-state index is 13.8. The lowest BCUT2D eigenvalue weighted by Gasteiger charge is -2.34. The molecule has 0 bridgehead atoms. The number of nitrogens with two attached hydrogens (primary N) is 1. The number of hydrogen-bond donors (Lipinski definition) is 1. The van der Waals surface area contributed by atoms with Crippen LogP contribution in [0, 0.1) is 11.6 Å². The Morgan fingerprint density at radius 3 is 2.78 bits per heavy atom. The summed E-state index contributed by atoms with van der Waals surface area (Å²) in [7, 11) is 0. The maximum Gasteiger partial charge on any atom is 0.163 e. The largest absolute Gasteiger partial charge is 0.323 e. The van der Waals surface area contributed by atoms with Gasteiger partial charge in [0.25, 0.3) is 0 Å². The van der Waals surface area contributed by atoms with Crippen LogP contribution in [0.15, 0.2) is 18.2 Å². The molecule has 0 amide bonds. The molecule has 0 radical (unpaired) electrons. The Bertz CT molecular complexity index is 414. The molecule has 0 spiro atoms. The fourth-order valence-corrected chi connectivity index (χ4v) is 5.40. The van der Waals surface area contributed by atoms with Gasteiger partial charge in [0.2, 0.25) is 0 Å². The van der Waals surface area contributed by atoms with Crippen molar-refractivity contribution in [2.24, 2.45) is 5.73 Å². The van der Waals surface area contributed by atoms with Gasteiger partial charge in [-0.15, -0.1) is 0 Å². The van der Waals surface area contributed by atoms with Crippen LogP contribution in [0.5, 0.6) is 0 Å². The first kappa shape index (κ1) is 14.2. The third-order valence-electron chi connectivity index (χ3n) is 3.19. The molecule has 1 nitrogen and oxygen atoms in total. The van der Waals surface area contributed by atoms with Gasteiger partial charge in [0.1, 0.15) is 0 Å². The lowest BCUT2D eigenvalue weighted by Crippen LogP contribution is -2.36. The monoisotopic (exact) mass is 289 g/mol. The van der Waals surface area contributed by atoms with E-state index in [0.29, 0.717) is 10.8 Å². The second-order valence-electron chi connectivity index (χ2n) is 4.32. The topological polar surface area (TPSA) is 26.0 Å². The van der Waals surface area contributed by atoms with Crippen molar-refractivity contribution in [3.63, 3.8) is 0 Å². The highest BCUT2D eigenvalue weighted by Crippen LogP contribution is 2.39. The Morgan fingerprint density at radius 2 is 2.06 bits per heavy atom. The van der Waals surface area contributed by atoms with Crippen molar-refractivity contribution in [3.05, 3.63) is 35.4 Å². The minimum atomic E-state index is -0.815. The summed E-state index contributed by atoms with van der Waals surface area (Å²) in [4.78, 5) is 0. The summed E-state index contributed by atoms with van der Waals surface area (Å²) < 4.78 is 27.0. The minimum absolute atomic E-state index is 0.157. The highest BCUT2D eigenvalue weighted by Gasteiger charge is 2.32. The van der Waals surface area contributed by atoms with Crippen LogP contribution in [-0.4, -0.2) is 22.0 Å². The van der Waals surface area contributed by atoms with Crippen LogP contribution >= 0.6 is 23.5 Å². The van der Waals surface area contributed by atoms with Gasteiger partial charge in [0, 0.05) is 33.6 Å². The fourth-order valence-electron chi connectivity index (χ4n) is 2.23. The zero-order valence-corrected chi connectivity index (χ0v) is 11.9. The first-order chi connectivity index (χ1) is 8.65. The third-order valence-corrected chi connectivity index (χ3v) is 6.56. The molecule has 18 heavy (non-hydrogen) atoms. The Hall–Kier alpha value is -0.260. The molecule has 100 valence electrons. The zero-order chi connectivity index (χ0) is 13.1. The van der Waals surface area contributed by atoms with E-state index in [1.807, 2.05) is 11.8 Å². The van der Waals surface area contributed by atoms with E-state index in [2.05, 4.69) is 6.92 Å². The van der Waals surface area contributed by atoms with Gasteiger partial charge >= 0.3 is 0 Å². The lowest BCUT2D eigenvalue weighted by molar-refractivity contribution is 0.483. The summed E-state index contributed by atoms with van der Waals surface area (Å²) in [5.74, 6) is 0.523. The standard InChI is InChI=1S/C13H17F2NS2/c1-2-10-13(18-7-6-17-10)12(16)8-4-3-5-9(14)11(8)15/h3-5,10,12-13H,2,6-7,16H2,1H3. The number of thioether (sulfide) groups is 2. The van der Waals surface area contributed by atoms with E-state index in [0.717, 1.165) is 24.0 Å². The van der Waals surface area contributed by atoms with E-state index in [9.17, 15) is 8.78 Å². The molecule has 1 aliphatic heterocycles. The second-order valence-corrected chi connectivity index (χ2v) is 6.95. The first-order valence-electron chi connectivity index (χ1n) is 6.07. The van der Waals surface area contributed by atoms with E-state index in [1.165, 1.54) is 6.07 Å². The minimum Gasteiger partial charge on any atom is -0.323 e. The van der Waals surface area contributed by atoms with Gasteiger partial charge in [-0.1, -0.05) is 19.1 Å². The van der Waals surface area contributed by atoms with Crippen molar-refractivity contribution in [1.29, 1.82) is 0 Å². The quantitative estimate of drug-likeness (QED) is 0.921. The molecular weight excluding hydrogens is 272 g/mol. The molecule has 1 aliphatic rings. The molecular formula is C13H17F2NS2. The van der Waals surface area contributed by atoms with Crippen molar-refractivity contribution in [2.75, 3.05) is 11.5 Å². The van der Waals surface area contributed by atoms with Crippen LogP contribution in [0.4, 0.5) is 8.78 Å². The molecule has 1 heterocycles. The predicted octanol–water partition coefficient (Wildman–Crippen LogP) is 3.59. The SMILES string of the molecule is CCC1SCCSC1C(N)c1cccc(F)c1F. The molecule has 2 rings (SSSR count). The number of halogens is 2. The van der Waals surface area contributed by atoms with Gasteiger partial charge < -0.3 is 5.73 Å². The smallest absolute Gasteiger partial charge is 0.163 e.